The average Bonchev–Trinajstić information content (AvgIpc) is 3.32. The van der Waals surface area contributed by atoms with Crippen LogP contribution in [0.5, 0.6) is 0 Å². The molecule has 0 aliphatic carbocycles. The highest BCUT2D eigenvalue weighted by molar-refractivity contribution is 6.83. The minimum atomic E-state index is -1.45. The third kappa shape index (κ3) is 4.67. The minimum Gasteiger partial charge on any atom is -0.465 e. The summed E-state index contributed by atoms with van der Waals surface area (Å²) in [5.41, 5.74) is 4.02. The van der Waals surface area contributed by atoms with Gasteiger partial charge in [0.1, 0.15) is 19.3 Å². The zero-order valence-corrected chi connectivity index (χ0v) is 18.5. The molecule has 1 amide bonds. The molecule has 0 aromatic carbocycles. The number of nitrogens with zero attached hydrogens (tertiary/aromatic N) is 4. The van der Waals surface area contributed by atoms with E-state index in [1.807, 2.05) is 12.1 Å². The second-order valence-corrected chi connectivity index (χ2v) is 13.3. The Morgan fingerprint density at radius 1 is 1.38 bits per heavy atom. The largest absolute Gasteiger partial charge is 0.465 e. The number of likely N-dealkylation sites (tertiary alicyclic amines) is 1. The predicted molar refractivity (Wildman–Crippen MR) is 113 cm³/mol. The average molecular weight is 413 g/mol. The van der Waals surface area contributed by atoms with E-state index in [1.165, 1.54) is 4.90 Å². The van der Waals surface area contributed by atoms with Gasteiger partial charge in [0.2, 0.25) is 5.82 Å². The monoisotopic (exact) mass is 412 g/mol. The molecule has 1 fully saturated rings. The van der Waals surface area contributed by atoms with Gasteiger partial charge in [0.25, 0.3) is 5.89 Å². The smallest absolute Gasteiger partial charge is 0.408 e. The predicted octanol–water partition coefficient (Wildman–Crippen LogP) is 4.52. The number of hydrogen-bond donors (Lipinski definition) is 1. The Bertz CT molecular complexity index is 924. The molecule has 1 unspecified atom stereocenters. The fourth-order valence-electron chi connectivity index (χ4n) is 3.59. The first-order valence-electron chi connectivity index (χ1n) is 10.1. The van der Waals surface area contributed by atoms with E-state index in [1.54, 1.807) is 6.20 Å². The number of carbonyl (C=O) groups is 1. The molecule has 2 aromatic heterocycles. The van der Waals surface area contributed by atoms with Gasteiger partial charge in [-0.15, -0.1) is 5.54 Å². The van der Waals surface area contributed by atoms with Gasteiger partial charge in [-0.1, -0.05) is 50.5 Å². The Labute approximate surface area is 172 Å². The van der Waals surface area contributed by atoms with Gasteiger partial charge < -0.3 is 9.63 Å². The van der Waals surface area contributed by atoms with Gasteiger partial charge in [-0.05, 0) is 31.4 Å². The minimum absolute atomic E-state index is 0.366. The summed E-state index contributed by atoms with van der Waals surface area (Å²) in [5, 5.41) is 13.8. The summed E-state index contributed by atoms with van der Waals surface area (Å²) in [6.45, 7) is 9.16. The number of pyridine rings is 1. The number of hydrogen-bond acceptors (Lipinski definition) is 5. The first kappa shape index (κ1) is 21.1. The van der Waals surface area contributed by atoms with Crippen LogP contribution >= 0.6 is 0 Å². The highest BCUT2D eigenvalue weighted by Crippen LogP contribution is 2.42. The van der Waals surface area contributed by atoms with E-state index < -0.39 is 19.7 Å². The molecule has 1 aliphatic heterocycles. The molecule has 8 heteroatoms. The van der Waals surface area contributed by atoms with Crippen LogP contribution in [-0.4, -0.2) is 45.8 Å². The maximum absolute atomic E-state index is 11.8. The number of rotatable bonds is 5. The quantitative estimate of drug-likeness (QED) is 0.573. The number of carboxylic acid groups (broad SMARTS) is 1. The molecule has 0 radical (unpaired) electrons. The summed E-state index contributed by atoms with van der Waals surface area (Å²) in [6.07, 6.45) is 4.79. The fourth-order valence-corrected chi connectivity index (χ4v) is 4.11. The van der Waals surface area contributed by atoms with Crippen molar-refractivity contribution in [3.8, 4) is 23.0 Å². The van der Waals surface area contributed by atoms with Crippen LogP contribution < -0.4 is 0 Å². The summed E-state index contributed by atoms with van der Waals surface area (Å²) < 4.78 is 5.58. The number of aromatic nitrogens is 3. The van der Waals surface area contributed by atoms with Crippen LogP contribution in [0.25, 0.3) is 11.5 Å². The van der Waals surface area contributed by atoms with Crippen LogP contribution in [0.15, 0.2) is 22.9 Å². The Hall–Kier alpha value is -2.66. The molecule has 29 heavy (non-hydrogen) atoms. The van der Waals surface area contributed by atoms with Crippen LogP contribution in [0.2, 0.25) is 19.6 Å². The number of unbranched alkanes of at least 4 members (excludes halogenated alkanes) is 1. The van der Waals surface area contributed by atoms with Crippen molar-refractivity contribution in [2.75, 3.05) is 6.54 Å². The van der Waals surface area contributed by atoms with E-state index >= 15 is 0 Å². The first-order valence-corrected chi connectivity index (χ1v) is 13.6. The van der Waals surface area contributed by atoms with Crippen molar-refractivity contribution >= 4 is 14.2 Å². The zero-order chi connectivity index (χ0) is 21.1. The van der Waals surface area contributed by atoms with E-state index in [9.17, 15) is 9.90 Å². The van der Waals surface area contributed by atoms with Crippen molar-refractivity contribution < 1.29 is 14.4 Å². The van der Waals surface area contributed by atoms with Gasteiger partial charge >= 0.3 is 6.09 Å². The zero-order valence-electron chi connectivity index (χ0n) is 17.5. The van der Waals surface area contributed by atoms with Crippen LogP contribution in [0.4, 0.5) is 4.79 Å². The molecule has 3 rings (SSSR count). The molecule has 7 nitrogen and oxygen atoms in total. The lowest BCUT2D eigenvalue weighted by Crippen LogP contribution is -2.44. The highest BCUT2D eigenvalue weighted by Gasteiger charge is 2.49. The van der Waals surface area contributed by atoms with Crippen molar-refractivity contribution in [3.05, 3.63) is 29.8 Å². The number of amides is 1. The standard InChI is InChI=1S/C21H28N4O3Si/c1-5-6-11-21(12-7-13-25(21)20(26)27)19-23-18(24-28-19)17-9-8-16(15-22-17)10-14-29(2,3)4/h8-9,15H,5-7,11-13H2,1-4H3,(H,26,27). The van der Waals surface area contributed by atoms with Crippen molar-refractivity contribution in [2.24, 2.45) is 0 Å². The molecular formula is C21H28N4O3Si. The summed E-state index contributed by atoms with van der Waals surface area (Å²) in [6, 6.07) is 3.72. The van der Waals surface area contributed by atoms with E-state index in [-0.39, 0.29) is 0 Å². The Morgan fingerprint density at radius 2 is 2.17 bits per heavy atom. The molecule has 1 atom stereocenters. The van der Waals surface area contributed by atoms with Crippen molar-refractivity contribution in [1.29, 1.82) is 0 Å². The molecule has 1 saturated heterocycles. The lowest BCUT2D eigenvalue weighted by Gasteiger charge is -2.33. The second-order valence-electron chi connectivity index (χ2n) is 8.53. The summed E-state index contributed by atoms with van der Waals surface area (Å²) in [7, 11) is -1.45. The third-order valence-corrected chi connectivity index (χ3v) is 5.94. The normalized spacial score (nSPS) is 19.1. The lowest BCUT2D eigenvalue weighted by molar-refractivity contribution is 0.0730. The van der Waals surface area contributed by atoms with Crippen LogP contribution in [0, 0.1) is 11.5 Å². The lowest BCUT2D eigenvalue weighted by atomic mass is 9.89. The maximum atomic E-state index is 11.8. The summed E-state index contributed by atoms with van der Waals surface area (Å²) in [5.74, 6) is 3.91. The van der Waals surface area contributed by atoms with Crippen LogP contribution in [0.1, 0.15) is 50.5 Å². The van der Waals surface area contributed by atoms with Gasteiger partial charge in [0.05, 0.1) is 0 Å². The topological polar surface area (TPSA) is 92.4 Å². The third-order valence-electron chi connectivity index (χ3n) is 5.06. The molecule has 1 aliphatic rings. The van der Waals surface area contributed by atoms with Gasteiger partial charge in [-0.25, -0.2) is 4.79 Å². The Morgan fingerprint density at radius 3 is 2.79 bits per heavy atom. The molecule has 0 saturated carbocycles. The van der Waals surface area contributed by atoms with Crippen molar-refractivity contribution in [3.63, 3.8) is 0 Å². The molecule has 0 bridgehead atoms. The van der Waals surface area contributed by atoms with Crippen LogP contribution in [-0.2, 0) is 5.54 Å². The summed E-state index contributed by atoms with van der Waals surface area (Å²) >= 11 is 0. The maximum Gasteiger partial charge on any atom is 0.408 e. The Balaban J connectivity index is 1.88. The summed E-state index contributed by atoms with van der Waals surface area (Å²) in [4.78, 5) is 22.3. The Kier molecular flexibility index (Phi) is 6.08. The van der Waals surface area contributed by atoms with Crippen molar-refractivity contribution in [2.45, 2.75) is 64.2 Å². The van der Waals surface area contributed by atoms with E-state index in [4.69, 9.17) is 4.52 Å². The highest BCUT2D eigenvalue weighted by atomic mass is 28.3. The molecule has 0 spiro atoms. The van der Waals surface area contributed by atoms with E-state index in [0.29, 0.717) is 36.8 Å². The molecule has 1 N–H and O–H groups in total. The molecule has 3 heterocycles. The molecular weight excluding hydrogens is 384 g/mol. The first-order chi connectivity index (χ1) is 13.7. The molecule has 2 aromatic rings. The van der Waals surface area contributed by atoms with Gasteiger partial charge in [0.15, 0.2) is 0 Å². The van der Waals surface area contributed by atoms with E-state index in [0.717, 1.165) is 24.8 Å². The van der Waals surface area contributed by atoms with Gasteiger partial charge in [0, 0.05) is 18.3 Å². The van der Waals surface area contributed by atoms with Gasteiger partial charge in [-0.3, -0.25) is 9.88 Å². The van der Waals surface area contributed by atoms with Crippen LogP contribution in [0.3, 0.4) is 0 Å². The second kappa shape index (κ2) is 8.37. The van der Waals surface area contributed by atoms with Crippen molar-refractivity contribution in [1.82, 2.24) is 20.0 Å². The SMILES string of the molecule is CCCCC1(c2nc(-c3ccc(C#C[Si](C)(C)C)cn3)no2)CCCN1C(=O)O. The molecule has 154 valence electrons. The van der Waals surface area contributed by atoms with E-state index in [2.05, 4.69) is 53.2 Å². The fraction of sp³-hybridized carbons (Fsp3) is 0.524. The van der Waals surface area contributed by atoms with Gasteiger partial charge in [-0.2, -0.15) is 4.98 Å².